The monoisotopic (exact) mass is 286 g/mol. The molecule has 0 bridgehead atoms. The van der Waals surface area contributed by atoms with Gasteiger partial charge < -0.3 is 9.88 Å². The minimum atomic E-state index is 0.106. The van der Waals surface area contributed by atoms with Gasteiger partial charge in [0.15, 0.2) is 0 Å². The van der Waals surface area contributed by atoms with E-state index in [1.807, 2.05) is 37.1 Å². The molecule has 0 aromatic carbocycles. The lowest BCUT2D eigenvalue weighted by atomic mass is 9.91. The highest BCUT2D eigenvalue weighted by Crippen LogP contribution is 2.28. The van der Waals surface area contributed by atoms with Crippen molar-refractivity contribution in [1.82, 2.24) is 19.7 Å². The number of hydrogen-bond acceptors (Lipinski definition) is 3. The fraction of sp³-hybridized carbons (Fsp3) is 0.500. The quantitative estimate of drug-likeness (QED) is 0.925. The molecule has 0 aliphatic heterocycles. The second kappa shape index (κ2) is 5.85. The van der Waals surface area contributed by atoms with E-state index in [2.05, 4.69) is 10.4 Å². The molecule has 1 aliphatic carbocycles. The summed E-state index contributed by atoms with van der Waals surface area (Å²) in [6.45, 7) is 0.726. The average Bonchev–Trinajstić information content (AvgIpc) is 2.91. The molecule has 0 amide bonds. The molecule has 0 saturated heterocycles. The standard InChI is InChI=1S/C16H22N4O/c1-17-14-4-3-5-15-13(14)6-7-16(21)20(15)9-8-12-10-18-19(2)11-12/h6-7,10-11,14,17H,3-5,8-9H2,1-2H3. The Balaban J connectivity index is 1.89. The topological polar surface area (TPSA) is 51.9 Å². The van der Waals surface area contributed by atoms with Crippen LogP contribution in [0, 0.1) is 0 Å². The highest BCUT2D eigenvalue weighted by atomic mass is 16.1. The van der Waals surface area contributed by atoms with Gasteiger partial charge in [-0.3, -0.25) is 9.48 Å². The molecule has 2 aromatic heterocycles. The van der Waals surface area contributed by atoms with Crippen molar-refractivity contribution in [2.24, 2.45) is 7.05 Å². The summed E-state index contributed by atoms with van der Waals surface area (Å²) in [6.07, 6.45) is 8.00. The Labute approximate surface area is 124 Å². The van der Waals surface area contributed by atoms with Crippen molar-refractivity contribution in [3.8, 4) is 0 Å². The lowest BCUT2D eigenvalue weighted by Gasteiger charge is -2.27. The third-order valence-corrected chi connectivity index (χ3v) is 4.34. The van der Waals surface area contributed by atoms with Crippen LogP contribution in [0.1, 0.15) is 35.7 Å². The van der Waals surface area contributed by atoms with Gasteiger partial charge in [0.2, 0.25) is 0 Å². The summed E-state index contributed by atoms with van der Waals surface area (Å²) in [5.74, 6) is 0. The number of rotatable bonds is 4. The van der Waals surface area contributed by atoms with Crippen LogP contribution >= 0.6 is 0 Å². The van der Waals surface area contributed by atoms with Crippen molar-refractivity contribution in [2.75, 3.05) is 7.05 Å². The first-order valence-corrected chi connectivity index (χ1v) is 7.56. The number of nitrogens with zero attached hydrogens (tertiary/aromatic N) is 3. The van der Waals surface area contributed by atoms with E-state index in [0.29, 0.717) is 6.04 Å². The first-order chi connectivity index (χ1) is 10.2. The van der Waals surface area contributed by atoms with E-state index in [0.717, 1.165) is 32.2 Å². The van der Waals surface area contributed by atoms with Crippen LogP contribution < -0.4 is 10.9 Å². The summed E-state index contributed by atoms with van der Waals surface area (Å²) < 4.78 is 3.75. The van der Waals surface area contributed by atoms with Crippen LogP contribution in [0.4, 0.5) is 0 Å². The maximum Gasteiger partial charge on any atom is 0.250 e. The van der Waals surface area contributed by atoms with E-state index in [-0.39, 0.29) is 5.56 Å². The highest BCUT2D eigenvalue weighted by Gasteiger charge is 2.21. The van der Waals surface area contributed by atoms with Crippen molar-refractivity contribution in [3.63, 3.8) is 0 Å². The molecule has 2 aromatic rings. The Kier molecular flexibility index (Phi) is 3.92. The number of aryl methyl sites for hydroxylation is 2. The van der Waals surface area contributed by atoms with Crippen molar-refractivity contribution >= 4 is 0 Å². The zero-order chi connectivity index (χ0) is 14.8. The molecule has 5 heteroatoms. The second-order valence-corrected chi connectivity index (χ2v) is 5.73. The number of nitrogens with one attached hydrogen (secondary N) is 1. The molecule has 1 aliphatic rings. The summed E-state index contributed by atoms with van der Waals surface area (Å²) in [5, 5.41) is 7.54. The van der Waals surface area contributed by atoms with Crippen molar-refractivity contribution in [1.29, 1.82) is 0 Å². The van der Waals surface area contributed by atoms with Crippen LogP contribution in [-0.2, 0) is 26.4 Å². The summed E-state index contributed by atoms with van der Waals surface area (Å²) in [7, 11) is 3.91. The molecule has 2 heterocycles. The van der Waals surface area contributed by atoms with Gasteiger partial charge in [-0.15, -0.1) is 0 Å². The van der Waals surface area contributed by atoms with Crippen molar-refractivity contribution in [2.45, 2.75) is 38.3 Å². The Morgan fingerprint density at radius 1 is 1.43 bits per heavy atom. The molecule has 1 atom stereocenters. The predicted octanol–water partition coefficient (Wildman–Crippen LogP) is 1.42. The molecule has 0 radical (unpaired) electrons. The SMILES string of the molecule is CNC1CCCc2c1ccc(=O)n2CCc1cnn(C)c1. The minimum absolute atomic E-state index is 0.106. The maximum atomic E-state index is 12.2. The number of aromatic nitrogens is 3. The van der Waals surface area contributed by atoms with Crippen LogP contribution in [0.3, 0.4) is 0 Å². The summed E-state index contributed by atoms with van der Waals surface area (Å²) >= 11 is 0. The zero-order valence-electron chi connectivity index (χ0n) is 12.7. The van der Waals surface area contributed by atoms with Gasteiger partial charge in [-0.1, -0.05) is 6.07 Å². The Morgan fingerprint density at radius 2 is 2.29 bits per heavy atom. The van der Waals surface area contributed by atoms with E-state index in [9.17, 15) is 4.79 Å². The second-order valence-electron chi connectivity index (χ2n) is 5.73. The molecule has 1 N–H and O–H groups in total. The van der Waals surface area contributed by atoms with Crippen LogP contribution in [-0.4, -0.2) is 21.4 Å². The molecule has 1 unspecified atom stereocenters. The number of pyridine rings is 1. The Morgan fingerprint density at radius 3 is 3.00 bits per heavy atom. The summed E-state index contributed by atoms with van der Waals surface area (Å²) in [4.78, 5) is 12.2. The molecular formula is C16H22N4O. The largest absolute Gasteiger partial charge is 0.313 e. The van der Waals surface area contributed by atoms with Crippen LogP contribution in [0.5, 0.6) is 0 Å². The van der Waals surface area contributed by atoms with E-state index in [1.165, 1.54) is 16.8 Å². The van der Waals surface area contributed by atoms with Crippen LogP contribution in [0.25, 0.3) is 0 Å². The van der Waals surface area contributed by atoms with Gasteiger partial charge in [-0.2, -0.15) is 5.10 Å². The fourth-order valence-electron chi connectivity index (χ4n) is 3.25. The molecule has 0 saturated carbocycles. The minimum Gasteiger partial charge on any atom is -0.313 e. The lowest BCUT2D eigenvalue weighted by molar-refractivity contribution is 0.467. The number of fused-ring (bicyclic) bond motifs is 1. The van der Waals surface area contributed by atoms with Gasteiger partial charge in [-0.05, 0) is 43.9 Å². The highest BCUT2D eigenvalue weighted by molar-refractivity contribution is 5.27. The van der Waals surface area contributed by atoms with Gasteiger partial charge in [0, 0.05) is 37.6 Å². The first kappa shape index (κ1) is 14.1. The molecule has 112 valence electrons. The molecule has 0 fully saturated rings. The van der Waals surface area contributed by atoms with Gasteiger partial charge in [0.05, 0.1) is 6.20 Å². The van der Waals surface area contributed by atoms with Crippen LogP contribution in [0.15, 0.2) is 29.3 Å². The van der Waals surface area contributed by atoms with Crippen molar-refractivity contribution < 1.29 is 0 Å². The van der Waals surface area contributed by atoms with E-state index in [1.54, 1.807) is 10.7 Å². The van der Waals surface area contributed by atoms with E-state index < -0.39 is 0 Å². The van der Waals surface area contributed by atoms with Gasteiger partial charge >= 0.3 is 0 Å². The van der Waals surface area contributed by atoms with Crippen molar-refractivity contribution in [3.05, 3.63) is 51.7 Å². The molecule has 5 nitrogen and oxygen atoms in total. The predicted molar refractivity (Wildman–Crippen MR) is 82.4 cm³/mol. The number of hydrogen-bond donors (Lipinski definition) is 1. The third kappa shape index (κ3) is 2.78. The maximum absolute atomic E-state index is 12.2. The fourth-order valence-corrected chi connectivity index (χ4v) is 3.25. The smallest absolute Gasteiger partial charge is 0.250 e. The normalized spacial score (nSPS) is 17.7. The molecule has 3 rings (SSSR count). The van der Waals surface area contributed by atoms with E-state index >= 15 is 0 Å². The summed E-state index contributed by atoms with van der Waals surface area (Å²) in [6, 6.07) is 4.08. The van der Waals surface area contributed by atoms with E-state index in [4.69, 9.17) is 0 Å². The Hall–Kier alpha value is -1.88. The van der Waals surface area contributed by atoms with Crippen LogP contribution in [0.2, 0.25) is 0 Å². The first-order valence-electron chi connectivity index (χ1n) is 7.56. The molecule has 21 heavy (non-hydrogen) atoms. The van der Waals surface area contributed by atoms with Gasteiger partial charge in [-0.25, -0.2) is 0 Å². The third-order valence-electron chi connectivity index (χ3n) is 4.34. The molecule has 0 spiro atoms. The van der Waals surface area contributed by atoms with Gasteiger partial charge in [0.1, 0.15) is 0 Å². The average molecular weight is 286 g/mol. The Bertz CT molecular complexity index is 686. The summed E-state index contributed by atoms with van der Waals surface area (Å²) in [5.41, 5.74) is 3.77. The zero-order valence-corrected chi connectivity index (χ0v) is 12.7. The molecular weight excluding hydrogens is 264 g/mol. The lowest BCUT2D eigenvalue weighted by Crippen LogP contribution is -2.31. The van der Waals surface area contributed by atoms with Gasteiger partial charge in [0.25, 0.3) is 5.56 Å².